The van der Waals surface area contributed by atoms with Gasteiger partial charge in [0, 0.05) is 5.38 Å². The van der Waals surface area contributed by atoms with Crippen LogP contribution in [0.4, 0.5) is 9.57 Å². The Hall–Kier alpha value is -1.80. The van der Waals surface area contributed by atoms with Crippen LogP contribution < -0.4 is 5.32 Å². The molecule has 0 radical (unpaired) electrons. The van der Waals surface area contributed by atoms with E-state index in [1.807, 2.05) is 0 Å². The monoisotopic (exact) mass is 286 g/mol. The number of amides is 1. The Balaban J connectivity index is 2.33. The van der Waals surface area contributed by atoms with Crippen molar-refractivity contribution in [2.24, 2.45) is 0 Å². The lowest BCUT2D eigenvalue weighted by Crippen LogP contribution is -2.14. The van der Waals surface area contributed by atoms with E-state index < -0.39 is 21.0 Å². The van der Waals surface area contributed by atoms with Crippen molar-refractivity contribution in [2.75, 3.05) is 5.32 Å². The molecule has 1 aromatic carbocycles. The van der Waals surface area contributed by atoms with Crippen LogP contribution in [-0.2, 0) is 10.2 Å². The van der Waals surface area contributed by atoms with Gasteiger partial charge in [-0.3, -0.25) is 4.79 Å². The lowest BCUT2D eigenvalue weighted by atomic mass is 10.3. The van der Waals surface area contributed by atoms with Crippen molar-refractivity contribution >= 4 is 33.2 Å². The van der Waals surface area contributed by atoms with Gasteiger partial charge in [-0.25, -0.2) is 4.98 Å². The zero-order chi connectivity index (χ0) is 13.2. The van der Waals surface area contributed by atoms with Crippen LogP contribution >= 0.6 is 11.3 Å². The van der Waals surface area contributed by atoms with E-state index in [4.69, 9.17) is 0 Å². The molecule has 1 aromatic heterocycles. The number of rotatable bonds is 3. The predicted octanol–water partition coefficient (Wildman–Crippen LogP) is 2.05. The third-order valence-electron chi connectivity index (χ3n) is 2.06. The quantitative estimate of drug-likeness (QED) is 0.876. The summed E-state index contributed by atoms with van der Waals surface area (Å²) in [6.07, 6.45) is 0. The van der Waals surface area contributed by atoms with Gasteiger partial charge in [-0.05, 0) is 12.1 Å². The summed E-state index contributed by atoms with van der Waals surface area (Å²) < 4.78 is 34.8. The zero-order valence-corrected chi connectivity index (χ0v) is 10.5. The van der Waals surface area contributed by atoms with E-state index in [0.717, 1.165) is 6.07 Å². The zero-order valence-electron chi connectivity index (χ0n) is 8.83. The fourth-order valence-corrected chi connectivity index (χ4v) is 2.45. The summed E-state index contributed by atoms with van der Waals surface area (Å²) in [6, 6.07) is 5.24. The molecule has 2 aromatic rings. The van der Waals surface area contributed by atoms with E-state index in [-0.39, 0.29) is 11.4 Å². The molecule has 0 spiro atoms. The Morgan fingerprint density at radius 1 is 1.33 bits per heavy atom. The molecule has 0 saturated heterocycles. The number of nitrogens with one attached hydrogen (secondary N) is 1. The number of carbonyl (C=O) groups is 1. The van der Waals surface area contributed by atoms with Gasteiger partial charge in [0.2, 0.25) is 0 Å². The topological polar surface area (TPSA) is 76.1 Å². The summed E-state index contributed by atoms with van der Waals surface area (Å²) in [7, 11) is -4.88. The maximum absolute atomic E-state index is 13.0. The first-order valence-corrected chi connectivity index (χ1v) is 7.04. The highest BCUT2D eigenvalue weighted by atomic mass is 32.3. The summed E-state index contributed by atoms with van der Waals surface area (Å²) in [5.41, 5.74) is 1.50. The van der Waals surface area contributed by atoms with Gasteiger partial charge in [-0.2, -0.15) is 8.42 Å². The summed E-state index contributed by atoms with van der Waals surface area (Å²) >= 11 is 1.22. The molecule has 1 heterocycles. The Labute approximate surface area is 107 Å². The van der Waals surface area contributed by atoms with Crippen LogP contribution in [0.5, 0.6) is 0 Å². The molecule has 5 nitrogen and oxygen atoms in total. The molecule has 94 valence electrons. The van der Waals surface area contributed by atoms with Gasteiger partial charge in [0.1, 0.15) is 10.6 Å². The second-order valence-corrected chi connectivity index (χ2v) is 5.30. The van der Waals surface area contributed by atoms with Crippen molar-refractivity contribution in [2.45, 2.75) is 4.90 Å². The molecule has 0 fully saturated rings. The van der Waals surface area contributed by atoms with Crippen molar-refractivity contribution in [3.05, 3.63) is 40.8 Å². The molecule has 0 aliphatic rings. The standard InChI is InChI=1S/C10H7FN2O3S2/c11-18(15,16)9-4-2-1-3-7(9)13-10(14)8-5-17-6-12-8/h1-6H,(H,13,14). The largest absolute Gasteiger partial charge is 0.334 e. The first-order valence-electron chi connectivity index (χ1n) is 4.72. The number of anilines is 1. The number of para-hydroxylation sites is 1. The number of hydrogen-bond acceptors (Lipinski definition) is 5. The third kappa shape index (κ3) is 2.71. The summed E-state index contributed by atoms with van der Waals surface area (Å²) in [4.78, 5) is 14.9. The molecule has 0 aliphatic heterocycles. The predicted molar refractivity (Wildman–Crippen MR) is 64.8 cm³/mol. The second kappa shape index (κ2) is 4.83. The maximum Gasteiger partial charge on any atom is 0.334 e. The molecular weight excluding hydrogens is 279 g/mol. The smallest absolute Gasteiger partial charge is 0.319 e. The number of halogens is 1. The Kier molecular flexibility index (Phi) is 3.39. The average Bonchev–Trinajstić information content (AvgIpc) is 2.81. The van der Waals surface area contributed by atoms with E-state index in [1.54, 1.807) is 0 Å². The number of hydrogen-bond donors (Lipinski definition) is 1. The number of carbonyl (C=O) groups excluding carboxylic acids is 1. The van der Waals surface area contributed by atoms with E-state index in [2.05, 4.69) is 10.3 Å². The molecule has 0 unspecified atom stereocenters. The van der Waals surface area contributed by atoms with Crippen molar-refractivity contribution in [3.63, 3.8) is 0 Å². The molecule has 8 heteroatoms. The van der Waals surface area contributed by atoms with Gasteiger partial charge >= 0.3 is 10.2 Å². The Morgan fingerprint density at radius 3 is 2.67 bits per heavy atom. The highest BCUT2D eigenvalue weighted by Gasteiger charge is 2.19. The van der Waals surface area contributed by atoms with Crippen molar-refractivity contribution < 1.29 is 17.1 Å². The van der Waals surface area contributed by atoms with Gasteiger partial charge in [0.05, 0.1) is 11.2 Å². The highest BCUT2D eigenvalue weighted by Crippen LogP contribution is 2.23. The molecule has 2 rings (SSSR count). The molecule has 0 saturated carbocycles. The molecule has 0 bridgehead atoms. The van der Waals surface area contributed by atoms with Crippen LogP contribution in [0.25, 0.3) is 0 Å². The van der Waals surface area contributed by atoms with E-state index in [1.165, 1.54) is 40.4 Å². The van der Waals surface area contributed by atoms with Gasteiger partial charge in [0.15, 0.2) is 0 Å². The van der Waals surface area contributed by atoms with Crippen molar-refractivity contribution in [1.29, 1.82) is 0 Å². The Bertz CT molecular complexity index is 668. The molecule has 1 amide bonds. The van der Waals surface area contributed by atoms with Crippen LogP contribution in [0.3, 0.4) is 0 Å². The van der Waals surface area contributed by atoms with Crippen molar-refractivity contribution in [3.8, 4) is 0 Å². The molecular formula is C10H7FN2O3S2. The second-order valence-electron chi connectivity index (χ2n) is 3.26. The van der Waals surface area contributed by atoms with E-state index >= 15 is 0 Å². The van der Waals surface area contributed by atoms with Gasteiger partial charge in [0.25, 0.3) is 5.91 Å². The maximum atomic E-state index is 13.0. The minimum Gasteiger partial charge on any atom is -0.319 e. The van der Waals surface area contributed by atoms with Crippen LogP contribution in [0.2, 0.25) is 0 Å². The first kappa shape index (κ1) is 12.7. The van der Waals surface area contributed by atoms with Crippen LogP contribution in [0.1, 0.15) is 10.5 Å². The van der Waals surface area contributed by atoms with Gasteiger partial charge < -0.3 is 5.32 Å². The molecule has 0 atom stereocenters. The molecule has 18 heavy (non-hydrogen) atoms. The summed E-state index contributed by atoms with van der Waals surface area (Å²) in [5, 5.41) is 3.81. The highest BCUT2D eigenvalue weighted by molar-refractivity contribution is 7.86. The van der Waals surface area contributed by atoms with Crippen LogP contribution in [0, 0.1) is 0 Å². The third-order valence-corrected chi connectivity index (χ3v) is 3.53. The first-order chi connectivity index (χ1) is 8.48. The minimum atomic E-state index is -4.88. The number of thiazole rings is 1. The van der Waals surface area contributed by atoms with E-state index in [0.29, 0.717) is 0 Å². The van der Waals surface area contributed by atoms with Crippen molar-refractivity contribution in [1.82, 2.24) is 4.98 Å². The number of aromatic nitrogens is 1. The number of nitrogens with zero attached hydrogens (tertiary/aromatic N) is 1. The number of benzene rings is 1. The SMILES string of the molecule is O=C(Nc1ccccc1S(=O)(=O)F)c1cscn1. The minimum absolute atomic E-state index is 0.113. The van der Waals surface area contributed by atoms with Gasteiger partial charge in [-0.1, -0.05) is 12.1 Å². The summed E-state index contributed by atoms with van der Waals surface area (Å²) in [5.74, 6) is -0.590. The molecule has 1 N–H and O–H groups in total. The fraction of sp³-hybridized carbons (Fsp3) is 0. The normalized spacial score (nSPS) is 11.2. The fourth-order valence-electron chi connectivity index (χ4n) is 1.29. The van der Waals surface area contributed by atoms with E-state index in [9.17, 15) is 17.1 Å². The van der Waals surface area contributed by atoms with Gasteiger partial charge in [-0.15, -0.1) is 15.2 Å². The molecule has 0 aliphatic carbocycles. The lowest BCUT2D eigenvalue weighted by molar-refractivity contribution is 0.102. The Morgan fingerprint density at radius 2 is 2.06 bits per heavy atom. The lowest BCUT2D eigenvalue weighted by Gasteiger charge is -2.06. The average molecular weight is 286 g/mol. The summed E-state index contributed by atoms with van der Waals surface area (Å²) in [6.45, 7) is 0. The van der Waals surface area contributed by atoms with Crippen LogP contribution in [0.15, 0.2) is 40.1 Å². The van der Waals surface area contributed by atoms with Crippen LogP contribution in [-0.4, -0.2) is 19.3 Å².